The van der Waals surface area contributed by atoms with Crippen molar-refractivity contribution in [3.63, 3.8) is 0 Å². The molecule has 0 spiro atoms. The van der Waals surface area contributed by atoms with Crippen LogP contribution in [0.15, 0.2) is 22.8 Å². The lowest BCUT2D eigenvalue weighted by atomic mass is 10.0. The number of nitro groups is 4. The minimum Gasteiger partial charge on any atom is -0.258 e. The highest BCUT2D eigenvalue weighted by Gasteiger charge is 2.64. The first-order valence-corrected chi connectivity index (χ1v) is 3.36. The van der Waals surface area contributed by atoms with E-state index < -0.39 is 42.5 Å². The molecule has 0 radical (unpaired) electrons. The van der Waals surface area contributed by atoms with Gasteiger partial charge in [0, 0.05) is 0 Å². The number of hydrogen-bond acceptors (Lipinski definition) is 8. The van der Waals surface area contributed by atoms with Crippen LogP contribution in [0.1, 0.15) is 0 Å². The topological polar surface area (TPSA) is 173 Å². The Kier molecular flexibility index (Phi) is 2.33. The molecule has 1 aliphatic carbocycles. The Hall–Kier alpha value is -2.92. The minimum absolute atomic E-state index is 1.40. The van der Waals surface area contributed by atoms with Gasteiger partial charge in [0.2, 0.25) is 0 Å². The predicted octanol–water partition coefficient (Wildman–Crippen LogP) is -0.470. The molecule has 16 heavy (non-hydrogen) atoms. The fraction of sp³-hybridized carbons (Fsp3) is 0. The first-order chi connectivity index (χ1) is 7.29. The Morgan fingerprint density at radius 1 is 0.500 bits per heavy atom. The van der Waals surface area contributed by atoms with Crippen LogP contribution in [-0.2, 0) is 0 Å². The van der Waals surface area contributed by atoms with Crippen molar-refractivity contribution in [1.82, 2.24) is 0 Å². The molecular formula is C4N4O8. The molecule has 12 nitrogen and oxygen atoms in total. The summed E-state index contributed by atoms with van der Waals surface area (Å²) in [7, 11) is 0. The average Bonchev–Trinajstić information content (AvgIpc) is 1.97. The Morgan fingerprint density at radius 3 is 0.688 bits per heavy atom. The molecule has 1 rings (SSSR count). The lowest BCUT2D eigenvalue weighted by molar-refractivity contribution is -0.547. The van der Waals surface area contributed by atoms with Crippen molar-refractivity contribution in [2.45, 2.75) is 0 Å². The molecular weight excluding hydrogens is 232 g/mol. The molecule has 0 saturated carbocycles. The van der Waals surface area contributed by atoms with Gasteiger partial charge in [-0.1, -0.05) is 0 Å². The molecule has 12 heteroatoms. The monoisotopic (exact) mass is 232 g/mol. The van der Waals surface area contributed by atoms with Gasteiger partial charge in [-0.2, -0.15) is 0 Å². The van der Waals surface area contributed by atoms with E-state index in [4.69, 9.17) is 0 Å². The third-order valence-electron chi connectivity index (χ3n) is 1.63. The molecule has 0 N–H and O–H groups in total. The molecule has 0 aromatic carbocycles. The Labute approximate surface area is 84.1 Å². The van der Waals surface area contributed by atoms with E-state index in [9.17, 15) is 40.5 Å². The van der Waals surface area contributed by atoms with Crippen molar-refractivity contribution in [2.24, 2.45) is 0 Å². The van der Waals surface area contributed by atoms with Crippen molar-refractivity contribution in [2.75, 3.05) is 0 Å². The van der Waals surface area contributed by atoms with E-state index in [2.05, 4.69) is 0 Å². The summed E-state index contributed by atoms with van der Waals surface area (Å²) in [5.74, 6) is 0. The van der Waals surface area contributed by atoms with Crippen LogP contribution in [0, 0.1) is 40.5 Å². The smallest absolute Gasteiger partial charge is 0.258 e. The fourth-order valence-electron chi connectivity index (χ4n) is 1.08. The highest BCUT2D eigenvalue weighted by molar-refractivity contribution is 5.45. The highest BCUT2D eigenvalue weighted by atomic mass is 16.7. The van der Waals surface area contributed by atoms with Crippen LogP contribution in [0.4, 0.5) is 0 Å². The van der Waals surface area contributed by atoms with Gasteiger partial charge >= 0.3 is 22.8 Å². The first kappa shape index (κ1) is 11.2. The van der Waals surface area contributed by atoms with Gasteiger partial charge in [0.05, 0.1) is 19.7 Å². The lowest BCUT2D eigenvalue weighted by Crippen LogP contribution is -2.30. The summed E-state index contributed by atoms with van der Waals surface area (Å²) in [5, 5.41) is 41.0. The molecule has 0 saturated heterocycles. The zero-order valence-electron chi connectivity index (χ0n) is 7.05. The maximum atomic E-state index is 10.3. The van der Waals surface area contributed by atoms with E-state index in [0.717, 1.165) is 0 Å². The predicted molar refractivity (Wildman–Crippen MR) is 42.0 cm³/mol. The van der Waals surface area contributed by atoms with Crippen LogP contribution in [0.5, 0.6) is 0 Å². The van der Waals surface area contributed by atoms with Gasteiger partial charge < -0.3 is 0 Å². The molecule has 0 atom stereocenters. The molecule has 0 heterocycles. The molecule has 0 aromatic rings. The fourth-order valence-corrected chi connectivity index (χ4v) is 1.08. The Bertz CT molecular complexity index is 399. The summed E-state index contributed by atoms with van der Waals surface area (Å²) in [6.07, 6.45) is 0. The lowest BCUT2D eigenvalue weighted by Gasteiger charge is -2.05. The summed E-state index contributed by atoms with van der Waals surface area (Å²) in [5.41, 5.74) is -5.83. The molecule has 0 unspecified atom stereocenters. The van der Waals surface area contributed by atoms with Crippen molar-refractivity contribution in [3.8, 4) is 0 Å². The van der Waals surface area contributed by atoms with Crippen molar-refractivity contribution in [3.05, 3.63) is 63.2 Å². The summed E-state index contributed by atoms with van der Waals surface area (Å²) in [6, 6.07) is 0. The highest BCUT2D eigenvalue weighted by Crippen LogP contribution is 2.36. The first-order valence-electron chi connectivity index (χ1n) is 3.36. The van der Waals surface area contributed by atoms with E-state index in [0.29, 0.717) is 0 Å². The normalized spacial score (nSPS) is 14.5. The number of hydrogen-bond donors (Lipinski definition) is 0. The van der Waals surface area contributed by atoms with Gasteiger partial charge in [-0.05, 0) is 0 Å². The average molecular weight is 232 g/mol. The van der Waals surface area contributed by atoms with Crippen LogP contribution in [0.3, 0.4) is 0 Å². The zero-order chi connectivity index (χ0) is 12.6. The molecule has 1 aliphatic rings. The van der Waals surface area contributed by atoms with Crippen molar-refractivity contribution >= 4 is 0 Å². The second-order valence-electron chi connectivity index (χ2n) is 2.42. The third-order valence-corrected chi connectivity index (χ3v) is 1.63. The van der Waals surface area contributed by atoms with Crippen LogP contribution in [0.2, 0.25) is 0 Å². The van der Waals surface area contributed by atoms with Crippen LogP contribution >= 0.6 is 0 Å². The quantitative estimate of drug-likeness (QED) is 0.461. The number of rotatable bonds is 4. The van der Waals surface area contributed by atoms with Gasteiger partial charge in [0.25, 0.3) is 0 Å². The standard InChI is InChI=1S/C4N4O8/c9-5(10)1-2(6(11)12)4(8(15)16)3(1)7(13)14. The minimum atomic E-state index is -1.46. The Morgan fingerprint density at radius 2 is 0.625 bits per heavy atom. The largest absolute Gasteiger partial charge is 0.438 e. The van der Waals surface area contributed by atoms with E-state index in [1.54, 1.807) is 0 Å². The molecule has 0 aromatic heterocycles. The molecule has 0 aliphatic heterocycles. The zero-order valence-corrected chi connectivity index (χ0v) is 7.05. The summed E-state index contributed by atoms with van der Waals surface area (Å²) in [6.45, 7) is 0. The van der Waals surface area contributed by atoms with E-state index in [1.807, 2.05) is 0 Å². The van der Waals surface area contributed by atoms with Gasteiger partial charge in [-0.15, -0.1) is 0 Å². The SMILES string of the molecule is O=[N+]([O-])C1=C([N+](=O)[O-])C([N+](=O)[O-])=C1[N+](=O)[O-]. The molecule has 84 valence electrons. The van der Waals surface area contributed by atoms with Gasteiger partial charge in [0.15, 0.2) is 0 Å². The third kappa shape index (κ3) is 1.33. The Balaban J connectivity index is 3.42. The van der Waals surface area contributed by atoms with E-state index in [1.165, 1.54) is 0 Å². The van der Waals surface area contributed by atoms with Crippen LogP contribution < -0.4 is 0 Å². The maximum absolute atomic E-state index is 10.3. The van der Waals surface area contributed by atoms with E-state index >= 15 is 0 Å². The summed E-state index contributed by atoms with van der Waals surface area (Å²) >= 11 is 0. The van der Waals surface area contributed by atoms with Crippen LogP contribution in [0.25, 0.3) is 0 Å². The van der Waals surface area contributed by atoms with Crippen molar-refractivity contribution in [1.29, 1.82) is 0 Å². The molecule has 0 bridgehead atoms. The second-order valence-corrected chi connectivity index (χ2v) is 2.42. The van der Waals surface area contributed by atoms with Crippen molar-refractivity contribution < 1.29 is 19.7 Å². The van der Waals surface area contributed by atoms with Gasteiger partial charge in [-0.25, -0.2) is 0 Å². The maximum Gasteiger partial charge on any atom is 0.438 e. The number of nitrogens with zero attached hydrogens (tertiary/aromatic N) is 4. The van der Waals surface area contributed by atoms with Gasteiger partial charge in [-0.3, -0.25) is 40.5 Å². The molecule has 0 fully saturated rings. The molecule has 0 amide bonds. The summed E-state index contributed by atoms with van der Waals surface area (Å²) in [4.78, 5) is 35.4. The van der Waals surface area contributed by atoms with E-state index in [-0.39, 0.29) is 0 Å². The van der Waals surface area contributed by atoms with Gasteiger partial charge in [0.1, 0.15) is 0 Å². The van der Waals surface area contributed by atoms with Crippen LogP contribution in [-0.4, -0.2) is 19.7 Å². The summed E-state index contributed by atoms with van der Waals surface area (Å²) < 4.78 is 0. The second kappa shape index (κ2) is 3.34.